The Morgan fingerprint density at radius 2 is 2.27 bits per heavy atom. The zero-order valence-electron chi connectivity index (χ0n) is 6.07. The second kappa shape index (κ2) is 5.03. The molecule has 0 aromatic rings. The predicted molar refractivity (Wildman–Crippen MR) is 42.6 cm³/mol. The van der Waals surface area contributed by atoms with Crippen LogP contribution in [0.4, 0.5) is 0 Å². The number of nitrogens with two attached hydrogens (primary N) is 1. The van der Waals surface area contributed by atoms with Crippen LogP contribution >= 0.6 is 0 Å². The van der Waals surface area contributed by atoms with Crippen molar-refractivity contribution in [1.29, 1.82) is 5.41 Å². The van der Waals surface area contributed by atoms with E-state index < -0.39 is 0 Å². The van der Waals surface area contributed by atoms with Crippen LogP contribution in [-0.4, -0.2) is 18.3 Å². The quantitative estimate of drug-likeness (QED) is 0.173. The average molecular weight is 155 g/mol. The zero-order valence-corrected chi connectivity index (χ0v) is 6.07. The van der Waals surface area contributed by atoms with Crippen LogP contribution in [0.15, 0.2) is 20.5 Å². The van der Waals surface area contributed by atoms with Crippen molar-refractivity contribution >= 4 is 18.3 Å². The highest BCUT2D eigenvalue weighted by Gasteiger charge is 1.97. The van der Waals surface area contributed by atoms with Gasteiger partial charge in [0.2, 0.25) is 0 Å². The number of amidine groups is 1. The first-order valence-electron chi connectivity index (χ1n) is 2.67. The molecular weight excluding hydrogens is 146 g/mol. The lowest BCUT2D eigenvalue weighted by atomic mass is 10.4. The Labute approximate surface area is 63.6 Å². The Kier molecular flexibility index (Phi) is 4.21. The lowest BCUT2D eigenvalue weighted by Crippen LogP contribution is -2.10. The summed E-state index contributed by atoms with van der Waals surface area (Å²) in [5.41, 5.74) is 2.53. The van der Waals surface area contributed by atoms with Gasteiger partial charge in [-0.15, -0.1) is 5.11 Å². The van der Waals surface area contributed by atoms with Crippen LogP contribution in [0.3, 0.4) is 0 Å². The highest BCUT2D eigenvalue weighted by atomic mass is 15.5. The molecule has 0 unspecified atom stereocenters. The fourth-order valence-corrected chi connectivity index (χ4v) is 0.293. The average Bonchev–Trinajstić information content (AvgIpc) is 2.00. The summed E-state index contributed by atoms with van der Waals surface area (Å²) in [5, 5.41) is 20.0. The minimum absolute atomic E-state index is 0.122. The molecule has 7 heteroatoms. The van der Waals surface area contributed by atoms with Gasteiger partial charge in [0.1, 0.15) is 5.71 Å². The Morgan fingerprint density at radius 3 is 2.73 bits per heavy atom. The van der Waals surface area contributed by atoms with Gasteiger partial charge in [0, 0.05) is 6.72 Å². The molecule has 0 aliphatic heterocycles. The van der Waals surface area contributed by atoms with E-state index >= 15 is 0 Å². The van der Waals surface area contributed by atoms with E-state index in [1.165, 1.54) is 0 Å². The van der Waals surface area contributed by atoms with Gasteiger partial charge < -0.3 is 5.84 Å². The molecule has 0 amide bonds. The second-order valence-corrected chi connectivity index (χ2v) is 1.52. The van der Waals surface area contributed by atoms with Gasteiger partial charge in [0.05, 0.1) is 0 Å². The molecule has 11 heavy (non-hydrogen) atoms. The van der Waals surface area contributed by atoms with Gasteiger partial charge in [0.25, 0.3) is 0 Å². The fraction of sp³-hybridized carbons (Fsp3) is 0.250. The van der Waals surface area contributed by atoms with E-state index in [-0.39, 0.29) is 5.84 Å². The maximum Gasteiger partial charge on any atom is 0.192 e. The van der Waals surface area contributed by atoms with Gasteiger partial charge in [0.15, 0.2) is 5.84 Å². The lowest BCUT2D eigenvalue weighted by Gasteiger charge is -1.93. The van der Waals surface area contributed by atoms with Gasteiger partial charge in [-0.1, -0.05) is 5.22 Å². The smallest absolute Gasteiger partial charge is 0.192 e. The third-order valence-corrected chi connectivity index (χ3v) is 0.789. The molecule has 0 fully saturated rings. The number of nitrogens with zero attached hydrogens (tertiary/aromatic N) is 4. The SMILES string of the molecule is C=NNN=C(C)C(=N)N=NN. The first kappa shape index (κ1) is 9.21. The summed E-state index contributed by atoms with van der Waals surface area (Å²) in [6, 6.07) is 0. The van der Waals surface area contributed by atoms with E-state index in [1.54, 1.807) is 6.92 Å². The van der Waals surface area contributed by atoms with Crippen molar-refractivity contribution in [1.82, 2.24) is 5.53 Å². The Morgan fingerprint density at radius 1 is 1.64 bits per heavy atom. The third kappa shape index (κ3) is 3.73. The summed E-state index contributed by atoms with van der Waals surface area (Å²) >= 11 is 0. The van der Waals surface area contributed by atoms with Crippen LogP contribution in [-0.2, 0) is 0 Å². The molecule has 0 aromatic carbocycles. The van der Waals surface area contributed by atoms with Crippen molar-refractivity contribution in [2.45, 2.75) is 6.92 Å². The Balaban J connectivity index is 4.11. The molecule has 0 aromatic heterocycles. The molecule has 0 aliphatic rings. The maximum absolute atomic E-state index is 7.10. The first-order valence-corrected chi connectivity index (χ1v) is 2.67. The molecule has 0 aliphatic carbocycles. The predicted octanol–water partition coefficient (Wildman–Crippen LogP) is -0.129. The van der Waals surface area contributed by atoms with E-state index in [0.29, 0.717) is 5.71 Å². The van der Waals surface area contributed by atoms with Crippen molar-refractivity contribution in [3.05, 3.63) is 0 Å². The van der Waals surface area contributed by atoms with Crippen molar-refractivity contribution in [3.8, 4) is 0 Å². The van der Waals surface area contributed by atoms with Crippen LogP contribution in [0.2, 0.25) is 0 Å². The summed E-state index contributed by atoms with van der Waals surface area (Å²) < 4.78 is 0. The molecule has 4 N–H and O–H groups in total. The van der Waals surface area contributed by atoms with E-state index in [1.807, 2.05) is 0 Å². The highest BCUT2D eigenvalue weighted by molar-refractivity contribution is 6.39. The van der Waals surface area contributed by atoms with Gasteiger partial charge in [-0.05, 0) is 6.92 Å². The summed E-state index contributed by atoms with van der Waals surface area (Å²) in [6.45, 7) is 4.69. The van der Waals surface area contributed by atoms with E-state index in [4.69, 9.17) is 11.3 Å². The Bertz CT molecular complexity index is 202. The molecular formula is C4H9N7. The minimum atomic E-state index is -0.122. The summed E-state index contributed by atoms with van der Waals surface area (Å²) in [6.07, 6.45) is 0. The summed E-state index contributed by atoms with van der Waals surface area (Å²) in [7, 11) is 0. The number of rotatable bonds is 3. The Hall–Kier alpha value is -1.79. The molecule has 0 saturated carbocycles. The molecule has 0 spiro atoms. The van der Waals surface area contributed by atoms with Crippen LogP contribution < -0.4 is 11.4 Å². The molecule has 60 valence electrons. The number of nitrogens with one attached hydrogen (secondary N) is 2. The number of hydrogen-bond donors (Lipinski definition) is 3. The van der Waals surface area contributed by atoms with E-state index in [0.717, 1.165) is 0 Å². The number of hydrogen-bond acceptors (Lipinski definition) is 5. The molecule has 7 nitrogen and oxygen atoms in total. The number of hydrazone groups is 2. The van der Waals surface area contributed by atoms with Gasteiger partial charge in [-0.3, -0.25) is 5.41 Å². The van der Waals surface area contributed by atoms with Gasteiger partial charge in [-0.25, -0.2) is 0 Å². The standard InChI is InChI=1S/C4H9N7/c1-3(8-11-7-2)4(5)9-10-6/h11H,2H2,1H3,(H3,5,6,9). The van der Waals surface area contributed by atoms with Gasteiger partial charge >= 0.3 is 0 Å². The van der Waals surface area contributed by atoms with Crippen molar-refractivity contribution in [3.63, 3.8) is 0 Å². The fourth-order valence-electron chi connectivity index (χ4n) is 0.293. The molecule has 0 bridgehead atoms. The van der Waals surface area contributed by atoms with Crippen molar-refractivity contribution < 1.29 is 0 Å². The van der Waals surface area contributed by atoms with E-state index in [2.05, 4.69) is 32.8 Å². The van der Waals surface area contributed by atoms with Crippen molar-refractivity contribution in [2.75, 3.05) is 0 Å². The maximum atomic E-state index is 7.10. The molecule has 0 heterocycles. The van der Waals surface area contributed by atoms with Gasteiger partial charge in [-0.2, -0.15) is 15.7 Å². The molecule has 0 atom stereocenters. The highest BCUT2D eigenvalue weighted by Crippen LogP contribution is 1.81. The van der Waals surface area contributed by atoms with Crippen LogP contribution in [0, 0.1) is 5.41 Å². The molecule has 0 saturated heterocycles. The summed E-state index contributed by atoms with van der Waals surface area (Å²) in [5.74, 6) is 4.58. The van der Waals surface area contributed by atoms with Crippen LogP contribution in [0.5, 0.6) is 0 Å². The summed E-state index contributed by atoms with van der Waals surface area (Å²) in [4.78, 5) is 0. The van der Waals surface area contributed by atoms with E-state index in [9.17, 15) is 0 Å². The second-order valence-electron chi connectivity index (χ2n) is 1.52. The van der Waals surface area contributed by atoms with Crippen LogP contribution in [0.25, 0.3) is 0 Å². The topological polar surface area (TPSA) is 111 Å². The lowest BCUT2D eigenvalue weighted by molar-refractivity contribution is 0.817. The molecule has 0 radical (unpaired) electrons. The third-order valence-electron chi connectivity index (χ3n) is 0.789. The minimum Gasteiger partial charge on any atom is -0.305 e. The van der Waals surface area contributed by atoms with Crippen LogP contribution in [0.1, 0.15) is 6.92 Å². The monoisotopic (exact) mass is 155 g/mol. The normalized spacial score (nSPS) is 11.5. The first-order chi connectivity index (χ1) is 5.22. The largest absolute Gasteiger partial charge is 0.305 e. The molecule has 0 rings (SSSR count). The zero-order chi connectivity index (χ0) is 8.69. The van der Waals surface area contributed by atoms with Crippen molar-refractivity contribution in [2.24, 2.45) is 26.4 Å².